The van der Waals surface area contributed by atoms with Crippen molar-refractivity contribution < 1.29 is 4.79 Å². The summed E-state index contributed by atoms with van der Waals surface area (Å²) >= 11 is 1.51. The summed E-state index contributed by atoms with van der Waals surface area (Å²) in [4.78, 5) is 15.9. The molecule has 1 atom stereocenters. The van der Waals surface area contributed by atoms with Crippen molar-refractivity contribution in [2.75, 3.05) is 6.54 Å². The summed E-state index contributed by atoms with van der Waals surface area (Å²) in [5.41, 5.74) is 3.69. The number of hydrogen-bond acceptors (Lipinski definition) is 2. The molecule has 0 aliphatic carbocycles. The molecule has 1 aliphatic rings. The number of carbonyl (C=O) groups is 1. The van der Waals surface area contributed by atoms with Crippen LogP contribution in [-0.2, 0) is 6.54 Å². The minimum Gasteiger partial charge on any atom is -0.348 e. The monoisotopic (exact) mass is 350 g/mol. The van der Waals surface area contributed by atoms with Crippen LogP contribution in [0, 0.1) is 0 Å². The fourth-order valence-corrected chi connectivity index (χ4v) is 4.24. The molecule has 3 heterocycles. The smallest absolute Gasteiger partial charge is 0.264 e. The number of thiophene rings is 1. The number of rotatable bonds is 3. The average Bonchev–Trinajstić information content (AvgIpc) is 3.31. The molecule has 1 amide bonds. The van der Waals surface area contributed by atoms with Crippen molar-refractivity contribution in [3.63, 3.8) is 0 Å². The Balaban J connectivity index is 1.75. The van der Waals surface area contributed by atoms with Crippen LogP contribution in [0.3, 0.4) is 0 Å². The van der Waals surface area contributed by atoms with E-state index in [0.717, 1.165) is 18.0 Å². The molecule has 25 heavy (non-hydrogen) atoms. The highest BCUT2D eigenvalue weighted by Gasteiger charge is 2.32. The van der Waals surface area contributed by atoms with Gasteiger partial charge < -0.3 is 9.47 Å². The van der Waals surface area contributed by atoms with E-state index in [1.165, 1.54) is 28.2 Å². The second kappa shape index (κ2) is 6.52. The number of carbonyl (C=O) groups excluding carboxylic acids is 1. The lowest BCUT2D eigenvalue weighted by Gasteiger charge is -2.37. The summed E-state index contributed by atoms with van der Waals surface area (Å²) < 4.78 is 2.26. The maximum atomic E-state index is 13.1. The third kappa shape index (κ3) is 2.91. The zero-order valence-corrected chi connectivity index (χ0v) is 15.4. The van der Waals surface area contributed by atoms with Gasteiger partial charge in [-0.1, -0.05) is 44.2 Å². The fourth-order valence-electron chi connectivity index (χ4n) is 3.56. The molecule has 4 heteroatoms. The normalized spacial score (nSPS) is 16.9. The largest absolute Gasteiger partial charge is 0.348 e. The summed E-state index contributed by atoms with van der Waals surface area (Å²) in [6, 6.07) is 16.8. The Morgan fingerprint density at radius 3 is 2.56 bits per heavy atom. The van der Waals surface area contributed by atoms with Crippen LogP contribution in [-0.4, -0.2) is 21.9 Å². The number of hydrogen-bond donors (Lipinski definition) is 0. The maximum Gasteiger partial charge on any atom is 0.264 e. The van der Waals surface area contributed by atoms with E-state index >= 15 is 0 Å². The lowest BCUT2D eigenvalue weighted by atomic mass is 9.95. The van der Waals surface area contributed by atoms with E-state index in [2.05, 4.69) is 61.0 Å². The number of benzene rings is 1. The van der Waals surface area contributed by atoms with Gasteiger partial charge in [-0.15, -0.1) is 11.3 Å². The molecule has 0 bridgehead atoms. The standard InChI is InChI=1S/C21H22N2OS/c1-15(2)16-7-9-17(10-8-16)20-18-5-3-11-22(18)12-13-23(20)21(24)19-6-4-14-25-19/h3-11,14-15,20H,12-13H2,1-2H3. The highest BCUT2D eigenvalue weighted by Crippen LogP contribution is 2.34. The van der Waals surface area contributed by atoms with E-state index in [1.807, 2.05) is 22.4 Å². The molecule has 0 N–H and O–H groups in total. The molecule has 0 fully saturated rings. The minimum absolute atomic E-state index is 0.0282. The van der Waals surface area contributed by atoms with Crippen molar-refractivity contribution in [1.29, 1.82) is 0 Å². The van der Waals surface area contributed by atoms with Gasteiger partial charge in [0, 0.05) is 25.0 Å². The van der Waals surface area contributed by atoms with Crippen LogP contribution in [0.5, 0.6) is 0 Å². The lowest BCUT2D eigenvalue weighted by molar-refractivity contribution is 0.0669. The van der Waals surface area contributed by atoms with Gasteiger partial charge in [0.05, 0.1) is 10.9 Å². The second-order valence-corrected chi connectivity index (χ2v) is 7.77. The van der Waals surface area contributed by atoms with E-state index in [9.17, 15) is 4.79 Å². The number of amides is 1. The number of fused-ring (bicyclic) bond motifs is 1. The molecule has 2 aromatic heterocycles. The van der Waals surface area contributed by atoms with Gasteiger partial charge in [0.15, 0.2) is 0 Å². The van der Waals surface area contributed by atoms with E-state index in [-0.39, 0.29) is 11.9 Å². The predicted octanol–water partition coefficient (Wildman–Crippen LogP) is 4.92. The van der Waals surface area contributed by atoms with Gasteiger partial charge in [-0.25, -0.2) is 0 Å². The molecule has 0 spiro atoms. The summed E-state index contributed by atoms with van der Waals surface area (Å²) in [7, 11) is 0. The Morgan fingerprint density at radius 2 is 1.88 bits per heavy atom. The SMILES string of the molecule is CC(C)c1ccc(C2c3cccn3CCN2C(=O)c2cccs2)cc1. The molecule has 1 unspecified atom stereocenters. The molecule has 4 rings (SSSR count). The van der Waals surface area contributed by atoms with Crippen LogP contribution < -0.4 is 0 Å². The van der Waals surface area contributed by atoms with Crippen LogP contribution >= 0.6 is 11.3 Å². The van der Waals surface area contributed by atoms with Crippen LogP contribution in [0.15, 0.2) is 60.1 Å². The van der Waals surface area contributed by atoms with Gasteiger partial charge in [-0.2, -0.15) is 0 Å². The van der Waals surface area contributed by atoms with Crippen molar-refractivity contribution in [2.45, 2.75) is 32.4 Å². The van der Waals surface area contributed by atoms with Crippen molar-refractivity contribution in [2.24, 2.45) is 0 Å². The molecular weight excluding hydrogens is 328 g/mol. The number of nitrogens with zero attached hydrogens (tertiary/aromatic N) is 2. The van der Waals surface area contributed by atoms with Crippen molar-refractivity contribution >= 4 is 17.2 Å². The van der Waals surface area contributed by atoms with Gasteiger partial charge >= 0.3 is 0 Å². The Hall–Kier alpha value is -2.33. The Bertz CT molecular complexity index is 862. The molecule has 0 saturated carbocycles. The van der Waals surface area contributed by atoms with Crippen LogP contribution in [0.2, 0.25) is 0 Å². The van der Waals surface area contributed by atoms with Gasteiger partial charge in [-0.05, 0) is 40.6 Å². The molecule has 128 valence electrons. The average molecular weight is 350 g/mol. The van der Waals surface area contributed by atoms with Crippen LogP contribution in [0.1, 0.15) is 52.3 Å². The Morgan fingerprint density at radius 1 is 1.08 bits per heavy atom. The molecule has 1 aliphatic heterocycles. The zero-order chi connectivity index (χ0) is 17.4. The van der Waals surface area contributed by atoms with E-state index < -0.39 is 0 Å². The second-order valence-electron chi connectivity index (χ2n) is 6.83. The first-order valence-electron chi connectivity index (χ1n) is 8.74. The molecule has 3 nitrogen and oxygen atoms in total. The Labute approximate surface area is 152 Å². The van der Waals surface area contributed by atoms with Crippen molar-refractivity contribution in [3.05, 3.63) is 81.8 Å². The maximum absolute atomic E-state index is 13.1. The first-order valence-corrected chi connectivity index (χ1v) is 9.62. The van der Waals surface area contributed by atoms with Crippen molar-refractivity contribution in [3.8, 4) is 0 Å². The van der Waals surface area contributed by atoms with Gasteiger partial charge in [0.25, 0.3) is 5.91 Å². The first-order chi connectivity index (χ1) is 12.1. The Kier molecular flexibility index (Phi) is 4.22. The molecule has 0 radical (unpaired) electrons. The quantitative estimate of drug-likeness (QED) is 0.658. The van der Waals surface area contributed by atoms with E-state index in [0.29, 0.717) is 5.92 Å². The third-order valence-corrected chi connectivity index (χ3v) is 5.81. The number of aromatic nitrogens is 1. The lowest BCUT2D eigenvalue weighted by Crippen LogP contribution is -2.42. The van der Waals surface area contributed by atoms with Crippen LogP contribution in [0.4, 0.5) is 0 Å². The predicted molar refractivity (Wildman–Crippen MR) is 102 cm³/mol. The molecule has 0 saturated heterocycles. The minimum atomic E-state index is -0.0282. The van der Waals surface area contributed by atoms with Crippen LogP contribution in [0.25, 0.3) is 0 Å². The van der Waals surface area contributed by atoms with Crippen molar-refractivity contribution in [1.82, 2.24) is 9.47 Å². The fraction of sp³-hybridized carbons (Fsp3) is 0.286. The van der Waals surface area contributed by atoms with Gasteiger partial charge in [0.2, 0.25) is 0 Å². The summed E-state index contributed by atoms with van der Waals surface area (Å²) in [5, 5.41) is 1.96. The van der Waals surface area contributed by atoms with E-state index in [1.54, 1.807) is 0 Å². The third-order valence-electron chi connectivity index (χ3n) is 4.95. The topological polar surface area (TPSA) is 25.2 Å². The molecule has 1 aromatic carbocycles. The summed E-state index contributed by atoms with van der Waals surface area (Å²) in [5.74, 6) is 0.633. The zero-order valence-electron chi connectivity index (χ0n) is 14.6. The van der Waals surface area contributed by atoms with E-state index in [4.69, 9.17) is 0 Å². The summed E-state index contributed by atoms with van der Waals surface area (Å²) in [6.07, 6.45) is 2.11. The highest BCUT2D eigenvalue weighted by atomic mass is 32.1. The molecular formula is C21H22N2OS. The van der Waals surface area contributed by atoms with Gasteiger partial charge in [0.1, 0.15) is 0 Å². The first kappa shape index (κ1) is 16.2. The molecule has 3 aromatic rings. The van der Waals surface area contributed by atoms with Gasteiger partial charge in [-0.3, -0.25) is 4.79 Å². The summed E-state index contributed by atoms with van der Waals surface area (Å²) in [6.45, 7) is 5.98. The highest BCUT2D eigenvalue weighted by molar-refractivity contribution is 7.12.